The van der Waals surface area contributed by atoms with Crippen molar-refractivity contribution in [1.82, 2.24) is 4.98 Å². The van der Waals surface area contributed by atoms with Gasteiger partial charge >= 0.3 is 0 Å². The zero-order chi connectivity index (χ0) is 21.4. The van der Waals surface area contributed by atoms with Gasteiger partial charge in [0.05, 0.1) is 10.2 Å². The first-order chi connectivity index (χ1) is 13.4. The number of hydrogen-bond acceptors (Lipinski definition) is 4. The number of carbonyl (C=O) groups is 1. The van der Waals surface area contributed by atoms with E-state index < -0.39 is 0 Å². The summed E-state index contributed by atoms with van der Waals surface area (Å²) in [5, 5.41) is 3.47. The van der Waals surface area contributed by atoms with E-state index in [4.69, 9.17) is 4.74 Å². The highest BCUT2D eigenvalue weighted by Gasteiger charge is 2.20. The third-order valence-electron chi connectivity index (χ3n) is 4.80. The lowest BCUT2D eigenvalue weighted by Gasteiger charge is -2.23. The minimum atomic E-state index is -0.208. The van der Waals surface area contributed by atoms with E-state index in [-0.39, 0.29) is 23.3 Å². The molecule has 154 valence electrons. The number of rotatable bonds is 4. The number of fused-ring (bicyclic) bond motifs is 1. The molecular weight excluding hydrogens is 380 g/mol. The molecule has 0 spiro atoms. The molecule has 0 atom stereocenters. The van der Waals surface area contributed by atoms with E-state index in [9.17, 15) is 4.79 Å². The lowest BCUT2D eigenvalue weighted by molar-refractivity contribution is -0.118. The van der Waals surface area contributed by atoms with Crippen LogP contribution in [0.3, 0.4) is 0 Å². The van der Waals surface area contributed by atoms with Crippen molar-refractivity contribution in [3.8, 4) is 5.75 Å². The summed E-state index contributed by atoms with van der Waals surface area (Å²) in [6.07, 6.45) is 0. The van der Waals surface area contributed by atoms with Crippen LogP contribution in [-0.4, -0.2) is 17.5 Å². The summed E-state index contributed by atoms with van der Waals surface area (Å²) in [7, 11) is 0. The summed E-state index contributed by atoms with van der Waals surface area (Å²) in [4.78, 5) is 17.0. The Morgan fingerprint density at radius 1 is 1.03 bits per heavy atom. The van der Waals surface area contributed by atoms with Gasteiger partial charge in [-0.2, -0.15) is 0 Å². The largest absolute Gasteiger partial charge is 0.483 e. The molecule has 1 heterocycles. The fraction of sp³-hybridized carbons (Fsp3) is 0.417. The van der Waals surface area contributed by atoms with Crippen molar-refractivity contribution < 1.29 is 9.53 Å². The van der Waals surface area contributed by atoms with Gasteiger partial charge < -0.3 is 4.74 Å². The van der Waals surface area contributed by atoms with Crippen LogP contribution >= 0.6 is 11.3 Å². The monoisotopic (exact) mass is 410 g/mol. The van der Waals surface area contributed by atoms with Gasteiger partial charge in [0, 0.05) is 0 Å². The van der Waals surface area contributed by atoms with Crippen LogP contribution in [0.25, 0.3) is 10.2 Å². The molecular formula is C24H30N2O2S. The van der Waals surface area contributed by atoms with Gasteiger partial charge in [0.2, 0.25) is 0 Å². The predicted octanol–water partition coefficient (Wildman–Crippen LogP) is 6.22. The maximum absolute atomic E-state index is 12.4. The van der Waals surface area contributed by atoms with Crippen molar-refractivity contribution in [1.29, 1.82) is 0 Å². The summed E-state index contributed by atoms with van der Waals surface area (Å²) >= 11 is 1.49. The molecule has 1 amide bonds. The van der Waals surface area contributed by atoms with Crippen LogP contribution in [0.4, 0.5) is 5.13 Å². The number of anilines is 1. The number of aryl methyl sites for hydroxylation is 1. The van der Waals surface area contributed by atoms with Crippen molar-refractivity contribution in [3.05, 3.63) is 53.1 Å². The van der Waals surface area contributed by atoms with Crippen molar-refractivity contribution in [2.24, 2.45) is 0 Å². The Balaban J connectivity index is 1.70. The highest BCUT2D eigenvalue weighted by molar-refractivity contribution is 7.22. The minimum absolute atomic E-state index is 0.0463. The van der Waals surface area contributed by atoms with Gasteiger partial charge in [0.15, 0.2) is 11.7 Å². The van der Waals surface area contributed by atoms with E-state index in [0.717, 1.165) is 21.5 Å². The standard InChI is InChI=1S/C24H30N2O2S/c1-15-8-11-19(17(12-15)24(5,6)7)28-14-21(27)26-22-25-18-10-9-16(23(2,3)4)13-20(18)29-22/h8-13H,14H2,1-7H3,(H,25,26,27). The van der Waals surface area contributed by atoms with E-state index in [2.05, 4.69) is 77.0 Å². The number of aromatic nitrogens is 1. The van der Waals surface area contributed by atoms with Gasteiger partial charge in [-0.25, -0.2) is 4.98 Å². The maximum Gasteiger partial charge on any atom is 0.264 e. The van der Waals surface area contributed by atoms with Crippen molar-refractivity contribution in [3.63, 3.8) is 0 Å². The average molecular weight is 411 g/mol. The Kier molecular flexibility index (Phi) is 5.72. The molecule has 3 aromatic rings. The Bertz CT molecular complexity index is 1040. The van der Waals surface area contributed by atoms with Gasteiger partial charge in [-0.3, -0.25) is 10.1 Å². The smallest absolute Gasteiger partial charge is 0.264 e. The second kappa shape index (κ2) is 7.79. The quantitative estimate of drug-likeness (QED) is 0.556. The Hall–Kier alpha value is -2.40. The average Bonchev–Trinajstić information content (AvgIpc) is 3.00. The zero-order valence-corrected chi connectivity index (χ0v) is 19.2. The maximum atomic E-state index is 12.4. The number of nitrogens with zero attached hydrogens (tertiary/aromatic N) is 1. The minimum Gasteiger partial charge on any atom is -0.483 e. The van der Waals surface area contributed by atoms with Gasteiger partial charge in [-0.15, -0.1) is 0 Å². The Labute approximate surface area is 177 Å². The molecule has 29 heavy (non-hydrogen) atoms. The van der Waals surface area contributed by atoms with E-state index in [1.54, 1.807) is 0 Å². The molecule has 1 N–H and O–H groups in total. The van der Waals surface area contributed by atoms with E-state index in [0.29, 0.717) is 5.13 Å². The first kappa shape index (κ1) is 21.3. The number of thiazole rings is 1. The topological polar surface area (TPSA) is 51.2 Å². The summed E-state index contributed by atoms with van der Waals surface area (Å²) in [6.45, 7) is 15.0. The molecule has 0 fully saturated rings. The number of amides is 1. The van der Waals surface area contributed by atoms with Crippen LogP contribution in [0, 0.1) is 6.92 Å². The van der Waals surface area contributed by atoms with E-state index in [1.807, 2.05) is 18.2 Å². The zero-order valence-electron chi connectivity index (χ0n) is 18.3. The van der Waals surface area contributed by atoms with Crippen LogP contribution in [0.5, 0.6) is 5.75 Å². The molecule has 0 saturated carbocycles. The highest BCUT2D eigenvalue weighted by atomic mass is 32.1. The third kappa shape index (κ3) is 5.15. The fourth-order valence-corrected chi connectivity index (χ4v) is 4.02. The molecule has 0 aliphatic carbocycles. The lowest BCUT2D eigenvalue weighted by Crippen LogP contribution is -2.22. The molecule has 2 aromatic carbocycles. The number of nitrogens with one attached hydrogen (secondary N) is 1. The van der Waals surface area contributed by atoms with Crippen molar-refractivity contribution >= 4 is 32.6 Å². The molecule has 0 aliphatic heterocycles. The van der Waals surface area contributed by atoms with Crippen molar-refractivity contribution in [2.75, 3.05) is 11.9 Å². The number of hydrogen-bond donors (Lipinski definition) is 1. The van der Waals surface area contributed by atoms with Crippen molar-refractivity contribution in [2.45, 2.75) is 59.3 Å². The SMILES string of the molecule is Cc1ccc(OCC(=O)Nc2nc3ccc(C(C)(C)C)cc3s2)c(C(C)(C)C)c1. The Morgan fingerprint density at radius 3 is 2.41 bits per heavy atom. The summed E-state index contributed by atoms with van der Waals surface area (Å²) < 4.78 is 6.93. The normalized spacial score (nSPS) is 12.2. The van der Waals surface area contributed by atoms with Gasteiger partial charge in [0.25, 0.3) is 5.91 Å². The van der Waals surface area contributed by atoms with E-state index in [1.165, 1.54) is 22.5 Å². The first-order valence-corrected chi connectivity index (χ1v) is 10.7. The molecule has 1 aromatic heterocycles. The van der Waals surface area contributed by atoms with Gasteiger partial charge in [-0.05, 0) is 47.1 Å². The molecule has 0 bridgehead atoms. The van der Waals surface area contributed by atoms with Crippen LogP contribution in [0.2, 0.25) is 0 Å². The third-order valence-corrected chi connectivity index (χ3v) is 5.74. The van der Waals surface area contributed by atoms with Gasteiger partial charge in [0.1, 0.15) is 5.75 Å². The molecule has 0 saturated heterocycles. The van der Waals surface area contributed by atoms with Gasteiger partial charge in [-0.1, -0.05) is 76.6 Å². The van der Waals surface area contributed by atoms with Crippen LogP contribution in [0.15, 0.2) is 36.4 Å². The number of ether oxygens (including phenoxy) is 1. The second-order valence-corrected chi connectivity index (χ2v) is 10.6. The van der Waals surface area contributed by atoms with Crippen LogP contribution in [0.1, 0.15) is 58.2 Å². The molecule has 3 rings (SSSR count). The first-order valence-electron chi connectivity index (χ1n) is 9.88. The second-order valence-electron chi connectivity index (χ2n) is 9.54. The number of carbonyl (C=O) groups excluding carboxylic acids is 1. The summed E-state index contributed by atoms with van der Waals surface area (Å²) in [6, 6.07) is 12.3. The van der Waals surface area contributed by atoms with Crippen LogP contribution < -0.4 is 10.1 Å². The molecule has 4 nitrogen and oxygen atoms in total. The molecule has 0 aliphatic rings. The molecule has 0 unspecified atom stereocenters. The summed E-state index contributed by atoms with van der Waals surface area (Å²) in [5.74, 6) is 0.540. The molecule has 0 radical (unpaired) electrons. The Morgan fingerprint density at radius 2 is 1.76 bits per heavy atom. The fourth-order valence-electron chi connectivity index (χ4n) is 3.10. The summed E-state index contributed by atoms with van der Waals surface area (Å²) in [5.41, 5.74) is 4.44. The van der Waals surface area contributed by atoms with Crippen LogP contribution in [-0.2, 0) is 15.6 Å². The predicted molar refractivity (Wildman–Crippen MR) is 122 cm³/mol. The molecule has 5 heteroatoms. The number of benzene rings is 2. The lowest BCUT2D eigenvalue weighted by atomic mass is 9.85. The highest BCUT2D eigenvalue weighted by Crippen LogP contribution is 2.33. The van der Waals surface area contributed by atoms with E-state index >= 15 is 0 Å².